The van der Waals surface area contributed by atoms with E-state index < -0.39 is 3.79 Å². The number of rotatable bonds is 3. The second kappa shape index (κ2) is 5.62. The summed E-state index contributed by atoms with van der Waals surface area (Å²) in [6.07, 6.45) is 0. The lowest BCUT2D eigenvalue weighted by molar-refractivity contribution is 0.281. The number of aliphatic hydroxyl groups excluding tert-OH is 1. The molecule has 22 heavy (non-hydrogen) atoms. The number of alkyl halides is 3. The van der Waals surface area contributed by atoms with Gasteiger partial charge in [-0.1, -0.05) is 34.8 Å². The maximum absolute atomic E-state index is 9.25. The number of benzene rings is 1. The lowest BCUT2D eigenvalue weighted by Gasteiger charge is -2.03. The lowest BCUT2D eigenvalue weighted by atomic mass is 10.1. The summed E-state index contributed by atoms with van der Waals surface area (Å²) in [7, 11) is 1.52. The molecule has 2 aromatic heterocycles. The Morgan fingerprint density at radius 3 is 2.55 bits per heavy atom. The predicted molar refractivity (Wildman–Crippen MR) is 81.2 cm³/mol. The zero-order valence-electron chi connectivity index (χ0n) is 11.1. The van der Waals surface area contributed by atoms with Crippen LogP contribution >= 0.6 is 34.8 Å². The van der Waals surface area contributed by atoms with E-state index in [2.05, 4.69) is 10.2 Å². The van der Waals surface area contributed by atoms with E-state index in [4.69, 9.17) is 48.4 Å². The van der Waals surface area contributed by atoms with E-state index in [-0.39, 0.29) is 18.4 Å². The van der Waals surface area contributed by atoms with Crippen LogP contribution in [0.15, 0.2) is 27.0 Å². The van der Waals surface area contributed by atoms with Gasteiger partial charge >= 0.3 is 0 Å². The average Bonchev–Trinajstić information content (AvgIpc) is 3.11. The average molecular weight is 364 g/mol. The normalized spacial score (nSPS) is 12.0. The summed E-state index contributed by atoms with van der Waals surface area (Å²) in [5, 5.41) is 17.4. The second-order valence-electron chi connectivity index (χ2n) is 4.39. The maximum Gasteiger partial charge on any atom is 0.283 e. The van der Waals surface area contributed by atoms with Crippen LogP contribution in [0.1, 0.15) is 11.5 Å². The molecular weight excluding hydrogens is 355 g/mol. The fraction of sp³-hybridized carbons (Fsp3) is 0.231. The summed E-state index contributed by atoms with van der Waals surface area (Å²) >= 11 is 17.0. The third-order valence-corrected chi connectivity index (χ3v) is 3.43. The van der Waals surface area contributed by atoms with Crippen LogP contribution in [0, 0.1) is 0 Å². The first kappa shape index (κ1) is 15.4. The highest BCUT2D eigenvalue weighted by atomic mass is 35.6. The van der Waals surface area contributed by atoms with Crippen LogP contribution in [0.4, 0.5) is 0 Å². The van der Waals surface area contributed by atoms with Crippen molar-refractivity contribution in [2.45, 2.75) is 10.4 Å². The van der Waals surface area contributed by atoms with Crippen molar-refractivity contribution in [3.63, 3.8) is 0 Å². The van der Waals surface area contributed by atoms with E-state index in [1.54, 1.807) is 18.2 Å². The van der Waals surface area contributed by atoms with Gasteiger partial charge in [-0.05, 0) is 17.7 Å². The molecule has 0 aliphatic rings. The molecule has 0 radical (unpaired) electrons. The van der Waals surface area contributed by atoms with E-state index in [1.807, 2.05) is 0 Å². The molecule has 9 heteroatoms. The molecule has 0 amide bonds. The van der Waals surface area contributed by atoms with Crippen LogP contribution in [-0.4, -0.2) is 22.4 Å². The van der Waals surface area contributed by atoms with Crippen molar-refractivity contribution in [1.29, 1.82) is 0 Å². The van der Waals surface area contributed by atoms with Gasteiger partial charge in [0.1, 0.15) is 11.3 Å². The van der Waals surface area contributed by atoms with Crippen LogP contribution in [0.3, 0.4) is 0 Å². The highest BCUT2D eigenvalue weighted by Gasteiger charge is 2.31. The van der Waals surface area contributed by atoms with Crippen molar-refractivity contribution in [2.75, 3.05) is 7.11 Å². The van der Waals surface area contributed by atoms with E-state index in [0.29, 0.717) is 28.0 Å². The summed E-state index contributed by atoms with van der Waals surface area (Å²) in [5.74, 6) is 0.773. The van der Waals surface area contributed by atoms with E-state index >= 15 is 0 Å². The number of halogens is 3. The topological polar surface area (TPSA) is 81.5 Å². The summed E-state index contributed by atoms with van der Waals surface area (Å²) in [4.78, 5) is 0. The number of hydrogen-bond donors (Lipinski definition) is 1. The molecule has 3 aromatic rings. The third-order valence-electron chi connectivity index (χ3n) is 2.94. The number of aromatic nitrogens is 2. The Kier molecular flexibility index (Phi) is 3.94. The Balaban J connectivity index is 2.10. The van der Waals surface area contributed by atoms with E-state index in [0.717, 1.165) is 0 Å². The fourth-order valence-electron chi connectivity index (χ4n) is 1.96. The Hall–Kier alpha value is -1.47. The molecule has 1 aromatic carbocycles. The number of hydrogen-bond acceptors (Lipinski definition) is 6. The molecule has 2 heterocycles. The minimum absolute atomic E-state index is 0.0742. The molecule has 0 atom stereocenters. The highest BCUT2D eigenvalue weighted by Crippen LogP contribution is 2.39. The summed E-state index contributed by atoms with van der Waals surface area (Å²) in [6.45, 7) is -0.139. The molecule has 1 N–H and O–H groups in total. The Morgan fingerprint density at radius 1 is 1.18 bits per heavy atom. The van der Waals surface area contributed by atoms with Gasteiger partial charge in [0, 0.05) is 6.07 Å². The van der Waals surface area contributed by atoms with Crippen LogP contribution < -0.4 is 4.74 Å². The molecule has 3 rings (SSSR count). The number of methoxy groups -OCH3 is 1. The zero-order valence-corrected chi connectivity index (χ0v) is 13.4. The van der Waals surface area contributed by atoms with Crippen molar-refractivity contribution in [3.8, 4) is 17.4 Å². The van der Waals surface area contributed by atoms with Crippen LogP contribution in [-0.2, 0) is 10.4 Å². The van der Waals surface area contributed by atoms with Gasteiger partial charge in [-0.15, -0.1) is 10.2 Å². The van der Waals surface area contributed by atoms with Crippen molar-refractivity contribution >= 4 is 45.8 Å². The molecule has 0 unspecified atom stereocenters. The highest BCUT2D eigenvalue weighted by molar-refractivity contribution is 6.66. The summed E-state index contributed by atoms with van der Waals surface area (Å²) < 4.78 is 14.4. The maximum atomic E-state index is 9.25. The number of aliphatic hydroxyl groups is 1. The van der Waals surface area contributed by atoms with E-state index in [9.17, 15) is 5.11 Å². The molecule has 0 bridgehead atoms. The van der Waals surface area contributed by atoms with Crippen molar-refractivity contribution in [2.24, 2.45) is 0 Å². The SMILES string of the molecule is COc1cc(CO)cc2oc(-c3nnc(C(Cl)(Cl)Cl)o3)cc12. The molecule has 0 spiro atoms. The minimum Gasteiger partial charge on any atom is -0.496 e. The van der Waals surface area contributed by atoms with Crippen LogP contribution in [0.25, 0.3) is 22.6 Å². The number of nitrogens with zero attached hydrogens (tertiary/aromatic N) is 2. The van der Waals surface area contributed by atoms with Gasteiger partial charge in [-0.2, -0.15) is 0 Å². The lowest BCUT2D eigenvalue weighted by Crippen LogP contribution is -1.99. The second-order valence-corrected chi connectivity index (χ2v) is 6.67. The number of furan rings is 1. The Bertz CT molecular complexity index is 822. The first-order valence-corrected chi connectivity index (χ1v) is 7.18. The van der Waals surface area contributed by atoms with Crippen molar-refractivity contribution < 1.29 is 18.7 Å². The molecular formula is C13H9Cl3N2O4. The van der Waals surface area contributed by atoms with Crippen LogP contribution in [0.5, 0.6) is 5.75 Å². The smallest absolute Gasteiger partial charge is 0.283 e. The number of fused-ring (bicyclic) bond motifs is 1. The number of ether oxygens (including phenoxy) is 1. The molecule has 0 saturated heterocycles. The van der Waals surface area contributed by atoms with Gasteiger partial charge in [-0.25, -0.2) is 0 Å². The quantitative estimate of drug-likeness (QED) is 0.713. The monoisotopic (exact) mass is 362 g/mol. The largest absolute Gasteiger partial charge is 0.496 e. The Morgan fingerprint density at radius 2 is 1.95 bits per heavy atom. The summed E-state index contributed by atoms with van der Waals surface area (Å²) in [6, 6.07) is 5.07. The standard InChI is InChI=1S/C13H9Cl3N2O4/c1-20-8-2-6(5-19)3-9-7(8)4-10(21-9)11-17-18-12(22-11)13(14,15)16/h2-4,19H,5H2,1H3. The first-order valence-electron chi connectivity index (χ1n) is 6.04. The first-order chi connectivity index (χ1) is 10.4. The minimum atomic E-state index is -1.81. The third kappa shape index (κ3) is 2.75. The van der Waals surface area contributed by atoms with Gasteiger partial charge in [0.25, 0.3) is 15.6 Å². The van der Waals surface area contributed by atoms with Gasteiger partial charge in [0.05, 0.1) is 19.1 Å². The zero-order chi connectivity index (χ0) is 15.9. The molecule has 116 valence electrons. The van der Waals surface area contributed by atoms with E-state index in [1.165, 1.54) is 7.11 Å². The van der Waals surface area contributed by atoms with Gasteiger partial charge in [0.15, 0.2) is 5.76 Å². The molecule has 0 saturated carbocycles. The van der Waals surface area contributed by atoms with Gasteiger partial charge in [0.2, 0.25) is 0 Å². The molecule has 6 nitrogen and oxygen atoms in total. The summed E-state index contributed by atoms with van der Waals surface area (Å²) in [5.41, 5.74) is 1.16. The molecule has 0 aliphatic heterocycles. The van der Waals surface area contributed by atoms with Gasteiger partial charge in [-0.3, -0.25) is 0 Å². The fourth-order valence-corrected chi connectivity index (χ4v) is 2.19. The van der Waals surface area contributed by atoms with Gasteiger partial charge < -0.3 is 18.7 Å². The molecule has 0 aliphatic carbocycles. The Labute approximate surface area is 139 Å². The van der Waals surface area contributed by atoms with Crippen molar-refractivity contribution in [3.05, 3.63) is 29.7 Å². The molecule has 0 fully saturated rings. The van der Waals surface area contributed by atoms with Crippen molar-refractivity contribution in [1.82, 2.24) is 10.2 Å². The predicted octanol–water partition coefficient (Wildman–Crippen LogP) is 3.81. The van der Waals surface area contributed by atoms with Crippen LogP contribution in [0.2, 0.25) is 0 Å².